The predicted octanol–water partition coefficient (Wildman–Crippen LogP) is 3.25. The molecule has 0 fully saturated rings. The lowest BCUT2D eigenvalue weighted by atomic mass is 10.2. The van der Waals surface area contributed by atoms with Crippen LogP contribution in [0.2, 0.25) is 0 Å². The lowest BCUT2D eigenvalue weighted by Gasteiger charge is -2.04. The zero-order chi connectivity index (χ0) is 9.23. The summed E-state index contributed by atoms with van der Waals surface area (Å²) in [6, 6.07) is 0. The molecule has 0 saturated heterocycles. The molecular weight excluding hydrogens is 146 g/mol. The molecule has 0 radical (unpaired) electrons. The number of allylic oxidation sites excluding steroid dienone is 2. The highest BCUT2D eigenvalue weighted by Crippen LogP contribution is 1.98. The smallest absolute Gasteiger partial charge is 0.0263 e. The quantitative estimate of drug-likeness (QED) is 0.453. The van der Waals surface area contributed by atoms with Gasteiger partial charge >= 0.3 is 0 Å². The standard InChI is InChI=1S/C11H21N/c1-4-6-7-8-10-12-11(3)9-5-2/h5,9,12H,3-4,6-8,10H2,1-2H3/b9-5-. The summed E-state index contributed by atoms with van der Waals surface area (Å²) in [6.07, 6.45) is 9.23. The van der Waals surface area contributed by atoms with Gasteiger partial charge in [-0.3, -0.25) is 0 Å². The Hall–Kier alpha value is -0.720. The molecule has 0 aromatic heterocycles. The second-order valence-corrected chi connectivity index (χ2v) is 3.01. The van der Waals surface area contributed by atoms with Crippen molar-refractivity contribution in [1.82, 2.24) is 5.32 Å². The minimum atomic E-state index is 1.02. The largest absolute Gasteiger partial charge is 0.386 e. The van der Waals surface area contributed by atoms with Gasteiger partial charge in [-0.05, 0) is 19.4 Å². The van der Waals surface area contributed by atoms with Crippen LogP contribution < -0.4 is 5.32 Å². The molecule has 0 aliphatic heterocycles. The Bertz CT molecular complexity index is 136. The van der Waals surface area contributed by atoms with Crippen LogP contribution in [0.1, 0.15) is 39.5 Å². The Labute approximate surface area is 76.6 Å². The summed E-state index contributed by atoms with van der Waals surface area (Å²) in [5.74, 6) is 0. The van der Waals surface area contributed by atoms with Gasteiger partial charge in [0.05, 0.1) is 0 Å². The van der Waals surface area contributed by atoms with Crippen LogP contribution in [-0.4, -0.2) is 6.54 Å². The highest BCUT2D eigenvalue weighted by molar-refractivity contribution is 5.10. The Morgan fingerprint density at radius 3 is 2.67 bits per heavy atom. The normalized spacial score (nSPS) is 10.5. The van der Waals surface area contributed by atoms with Crippen LogP contribution >= 0.6 is 0 Å². The van der Waals surface area contributed by atoms with Crippen molar-refractivity contribution in [2.45, 2.75) is 39.5 Å². The van der Waals surface area contributed by atoms with E-state index in [0.29, 0.717) is 0 Å². The van der Waals surface area contributed by atoms with Gasteiger partial charge in [0.15, 0.2) is 0 Å². The van der Waals surface area contributed by atoms with E-state index in [1.165, 1.54) is 25.7 Å². The molecule has 0 bridgehead atoms. The molecule has 1 heteroatoms. The zero-order valence-electron chi connectivity index (χ0n) is 8.40. The van der Waals surface area contributed by atoms with Crippen molar-refractivity contribution in [1.29, 1.82) is 0 Å². The minimum Gasteiger partial charge on any atom is -0.386 e. The van der Waals surface area contributed by atoms with E-state index in [0.717, 1.165) is 12.2 Å². The first-order valence-electron chi connectivity index (χ1n) is 4.86. The summed E-state index contributed by atoms with van der Waals surface area (Å²) in [5, 5.41) is 3.26. The van der Waals surface area contributed by atoms with Gasteiger partial charge in [-0.25, -0.2) is 0 Å². The van der Waals surface area contributed by atoms with Gasteiger partial charge in [0.2, 0.25) is 0 Å². The molecule has 0 heterocycles. The van der Waals surface area contributed by atoms with Crippen LogP contribution in [0.15, 0.2) is 24.4 Å². The van der Waals surface area contributed by atoms with Gasteiger partial charge in [0.25, 0.3) is 0 Å². The van der Waals surface area contributed by atoms with Crippen LogP contribution in [0, 0.1) is 0 Å². The Balaban J connectivity index is 3.14. The average molecular weight is 167 g/mol. The fourth-order valence-corrected chi connectivity index (χ4v) is 1.06. The molecule has 1 nitrogen and oxygen atoms in total. The van der Waals surface area contributed by atoms with Crippen LogP contribution in [-0.2, 0) is 0 Å². The maximum absolute atomic E-state index is 3.86. The van der Waals surface area contributed by atoms with Crippen molar-refractivity contribution in [3.63, 3.8) is 0 Å². The van der Waals surface area contributed by atoms with Crippen molar-refractivity contribution in [2.75, 3.05) is 6.54 Å². The van der Waals surface area contributed by atoms with E-state index < -0.39 is 0 Å². The van der Waals surface area contributed by atoms with E-state index >= 15 is 0 Å². The van der Waals surface area contributed by atoms with Crippen molar-refractivity contribution in [3.8, 4) is 0 Å². The number of hydrogen-bond acceptors (Lipinski definition) is 1. The second kappa shape index (κ2) is 8.38. The van der Waals surface area contributed by atoms with Gasteiger partial charge in [0.1, 0.15) is 0 Å². The molecule has 0 atom stereocenters. The molecule has 0 unspecified atom stereocenters. The van der Waals surface area contributed by atoms with Gasteiger partial charge in [-0.2, -0.15) is 0 Å². The van der Waals surface area contributed by atoms with E-state index in [9.17, 15) is 0 Å². The lowest BCUT2D eigenvalue weighted by molar-refractivity contribution is 0.640. The van der Waals surface area contributed by atoms with Crippen molar-refractivity contribution < 1.29 is 0 Å². The van der Waals surface area contributed by atoms with Crippen molar-refractivity contribution in [2.24, 2.45) is 0 Å². The molecule has 0 aromatic rings. The van der Waals surface area contributed by atoms with Crippen LogP contribution in [0.3, 0.4) is 0 Å². The lowest BCUT2D eigenvalue weighted by Crippen LogP contribution is -2.12. The minimum absolute atomic E-state index is 1.02. The fourth-order valence-electron chi connectivity index (χ4n) is 1.06. The number of unbranched alkanes of at least 4 members (excludes halogenated alkanes) is 3. The molecule has 0 aromatic carbocycles. The zero-order valence-corrected chi connectivity index (χ0v) is 8.40. The monoisotopic (exact) mass is 167 g/mol. The third-order valence-electron chi connectivity index (χ3n) is 1.75. The van der Waals surface area contributed by atoms with Gasteiger partial charge in [-0.1, -0.05) is 38.8 Å². The van der Waals surface area contributed by atoms with Gasteiger partial charge in [-0.15, -0.1) is 0 Å². The van der Waals surface area contributed by atoms with Crippen LogP contribution in [0.25, 0.3) is 0 Å². The number of nitrogens with one attached hydrogen (secondary N) is 1. The molecule has 0 aliphatic carbocycles. The Morgan fingerprint density at radius 2 is 2.08 bits per heavy atom. The van der Waals surface area contributed by atoms with Gasteiger partial charge < -0.3 is 5.32 Å². The predicted molar refractivity (Wildman–Crippen MR) is 56.1 cm³/mol. The summed E-state index contributed by atoms with van der Waals surface area (Å²) in [6.45, 7) is 9.16. The first-order chi connectivity index (χ1) is 5.81. The van der Waals surface area contributed by atoms with E-state index in [2.05, 4.69) is 18.8 Å². The maximum Gasteiger partial charge on any atom is 0.0263 e. The fraction of sp³-hybridized carbons (Fsp3) is 0.636. The third kappa shape index (κ3) is 7.39. The molecule has 0 rings (SSSR count). The van der Waals surface area contributed by atoms with Crippen molar-refractivity contribution in [3.05, 3.63) is 24.4 Å². The molecular formula is C11H21N. The topological polar surface area (TPSA) is 12.0 Å². The van der Waals surface area contributed by atoms with E-state index in [-0.39, 0.29) is 0 Å². The van der Waals surface area contributed by atoms with E-state index in [4.69, 9.17) is 0 Å². The maximum atomic E-state index is 3.86. The summed E-state index contributed by atoms with van der Waals surface area (Å²) >= 11 is 0. The van der Waals surface area contributed by atoms with Gasteiger partial charge in [0, 0.05) is 12.2 Å². The molecule has 70 valence electrons. The van der Waals surface area contributed by atoms with E-state index in [1.807, 2.05) is 19.1 Å². The summed E-state index contributed by atoms with van der Waals surface area (Å²) < 4.78 is 0. The summed E-state index contributed by atoms with van der Waals surface area (Å²) in [5.41, 5.74) is 1.02. The van der Waals surface area contributed by atoms with Crippen LogP contribution in [0.4, 0.5) is 0 Å². The molecule has 0 spiro atoms. The molecule has 0 amide bonds. The number of hydrogen-bond donors (Lipinski definition) is 1. The Kier molecular flexibility index (Phi) is 7.87. The molecule has 0 saturated carbocycles. The second-order valence-electron chi connectivity index (χ2n) is 3.01. The highest BCUT2D eigenvalue weighted by Gasteiger charge is 1.87. The first kappa shape index (κ1) is 11.3. The summed E-state index contributed by atoms with van der Waals surface area (Å²) in [7, 11) is 0. The first-order valence-corrected chi connectivity index (χ1v) is 4.86. The highest BCUT2D eigenvalue weighted by atomic mass is 14.9. The molecule has 1 N–H and O–H groups in total. The molecule has 0 aliphatic rings. The SMILES string of the molecule is C=C(/C=C\C)NCCCCCC. The average Bonchev–Trinajstić information content (AvgIpc) is 2.05. The van der Waals surface area contributed by atoms with Crippen LogP contribution in [0.5, 0.6) is 0 Å². The number of rotatable bonds is 7. The molecule has 12 heavy (non-hydrogen) atoms. The Morgan fingerprint density at radius 1 is 1.33 bits per heavy atom. The third-order valence-corrected chi connectivity index (χ3v) is 1.75. The van der Waals surface area contributed by atoms with E-state index in [1.54, 1.807) is 0 Å². The summed E-state index contributed by atoms with van der Waals surface area (Å²) in [4.78, 5) is 0. The van der Waals surface area contributed by atoms with Crippen molar-refractivity contribution >= 4 is 0 Å².